The molecule has 6 heteroatoms. The standard InChI is InChI=1S/C21H24N4O2/c1-27-17-8-4-6-15(12-17)13-22-21(26)25-11-5-7-16(14-25)20-23-18-9-2-3-10-19(18)24-20/h2-4,6,8-10,12,16H,5,7,11,13-14H2,1H3,(H,22,26)(H,23,24)/t16-/m0/s1. The highest BCUT2D eigenvalue weighted by Gasteiger charge is 2.26. The Morgan fingerprint density at radius 3 is 3.04 bits per heavy atom. The maximum Gasteiger partial charge on any atom is 0.317 e. The van der Waals surface area contributed by atoms with Gasteiger partial charge in [0.05, 0.1) is 18.1 Å². The number of para-hydroxylation sites is 2. The van der Waals surface area contributed by atoms with E-state index in [2.05, 4.69) is 10.3 Å². The summed E-state index contributed by atoms with van der Waals surface area (Å²) in [6.07, 6.45) is 2.02. The summed E-state index contributed by atoms with van der Waals surface area (Å²) < 4.78 is 5.23. The van der Waals surface area contributed by atoms with Crippen LogP contribution in [0.3, 0.4) is 0 Å². The number of ether oxygens (including phenoxy) is 1. The molecule has 2 N–H and O–H groups in total. The third-order valence-electron chi connectivity index (χ3n) is 5.08. The SMILES string of the molecule is COc1cccc(CNC(=O)N2CCC[C@H](c3nc4ccccc4[nH]3)C2)c1. The Morgan fingerprint density at radius 1 is 1.30 bits per heavy atom. The highest BCUT2D eigenvalue weighted by molar-refractivity contribution is 5.75. The zero-order valence-electron chi connectivity index (χ0n) is 15.4. The Kier molecular flexibility index (Phi) is 4.96. The molecule has 27 heavy (non-hydrogen) atoms. The summed E-state index contributed by atoms with van der Waals surface area (Å²) in [7, 11) is 1.64. The molecule has 0 spiro atoms. The molecule has 0 unspecified atom stereocenters. The van der Waals surface area contributed by atoms with E-state index in [1.54, 1.807) is 7.11 Å². The van der Waals surface area contributed by atoms with Crippen molar-refractivity contribution in [1.82, 2.24) is 20.2 Å². The first-order valence-corrected chi connectivity index (χ1v) is 9.33. The molecule has 0 bridgehead atoms. The van der Waals surface area contributed by atoms with Crippen LogP contribution in [0.15, 0.2) is 48.5 Å². The van der Waals surface area contributed by atoms with Crippen LogP contribution in [0.5, 0.6) is 5.75 Å². The van der Waals surface area contributed by atoms with Crippen molar-refractivity contribution in [2.75, 3.05) is 20.2 Å². The predicted molar refractivity (Wildman–Crippen MR) is 105 cm³/mol. The summed E-state index contributed by atoms with van der Waals surface area (Å²) in [6, 6.07) is 15.8. The van der Waals surface area contributed by atoms with E-state index in [0.29, 0.717) is 13.1 Å². The third kappa shape index (κ3) is 3.89. The number of aromatic amines is 1. The van der Waals surface area contributed by atoms with Crippen molar-refractivity contribution < 1.29 is 9.53 Å². The van der Waals surface area contributed by atoms with Gasteiger partial charge in [-0.05, 0) is 42.7 Å². The van der Waals surface area contributed by atoms with Gasteiger partial charge in [-0.2, -0.15) is 0 Å². The highest BCUT2D eigenvalue weighted by Crippen LogP contribution is 2.26. The molecule has 4 rings (SSSR count). The molecule has 2 heterocycles. The van der Waals surface area contributed by atoms with E-state index < -0.39 is 0 Å². The van der Waals surface area contributed by atoms with Gasteiger partial charge in [-0.25, -0.2) is 9.78 Å². The topological polar surface area (TPSA) is 70.2 Å². The fourth-order valence-corrected chi connectivity index (χ4v) is 3.62. The van der Waals surface area contributed by atoms with Crippen LogP contribution in [-0.2, 0) is 6.54 Å². The van der Waals surface area contributed by atoms with Gasteiger partial charge in [0.1, 0.15) is 11.6 Å². The van der Waals surface area contributed by atoms with Crippen molar-refractivity contribution >= 4 is 17.1 Å². The number of amides is 2. The second-order valence-electron chi connectivity index (χ2n) is 6.93. The number of carbonyl (C=O) groups is 1. The van der Waals surface area contributed by atoms with Crippen molar-refractivity contribution in [3.63, 3.8) is 0 Å². The maximum atomic E-state index is 12.6. The first-order chi connectivity index (χ1) is 13.2. The molecular weight excluding hydrogens is 340 g/mol. The van der Waals surface area contributed by atoms with Crippen LogP contribution in [0.1, 0.15) is 30.1 Å². The maximum absolute atomic E-state index is 12.6. The van der Waals surface area contributed by atoms with Crippen molar-refractivity contribution in [3.05, 3.63) is 59.9 Å². The average Bonchev–Trinajstić information content (AvgIpc) is 3.16. The highest BCUT2D eigenvalue weighted by atomic mass is 16.5. The molecule has 3 aromatic rings. The van der Waals surface area contributed by atoms with E-state index in [0.717, 1.165) is 47.6 Å². The number of hydrogen-bond donors (Lipinski definition) is 2. The molecule has 1 aromatic heterocycles. The number of aromatic nitrogens is 2. The van der Waals surface area contributed by atoms with E-state index in [1.807, 2.05) is 53.4 Å². The molecule has 1 fully saturated rings. The van der Waals surface area contributed by atoms with Gasteiger partial charge in [0.2, 0.25) is 0 Å². The summed E-state index contributed by atoms with van der Waals surface area (Å²) in [5, 5.41) is 3.02. The van der Waals surface area contributed by atoms with E-state index >= 15 is 0 Å². The van der Waals surface area contributed by atoms with Crippen LogP contribution >= 0.6 is 0 Å². The summed E-state index contributed by atoms with van der Waals surface area (Å²) in [4.78, 5) is 22.6. The van der Waals surface area contributed by atoms with Gasteiger partial charge in [0, 0.05) is 25.6 Å². The minimum absolute atomic E-state index is 0.0290. The fraction of sp³-hybridized carbons (Fsp3) is 0.333. The number of piperidine rings is 1. The molecule has 0 aliphatic carbocycles. The lowest BCUT2D eigenvalue weighted by atomic mass is 9.97. The van der Waals surface area contributed by atoms with Gasteiger partial charge in [0.25, 0.3) is 0 Å². The average molecular weight is 364 g/mol. The van der Waals surface area contributed by atoms with E-state index in [9.17, 15) is 4.79 Å². The van der Waals surface area contributed by atoms with Gasteiger partial charge in [-0.1, -0.05) is 24.3 Å². The predicted octanol–water partition coefficient (Wildman–Crippen LogP) is 3.66. The molecule has 1 saturated heterocycles. The zero-order valence-corrected chi connectivity index (χ0v) is 15.4. The normalized spacial score (nSPS) is 17.1. The summed E-state index contributed by atoms with van der Waals surface area (Å²) >= 11 is 0. The molecule has 2 amide bonds. The molecule has 0 radical (unpaired) electrons. The van der Waals surface area contributed by atoms with Gasteiger partial charge in [-0.3, -0.25) is 0 Å². The lowest BCUT2D eigenvalue weighted by molar-refractivity contribution is 0.178. The lowest BCUT2D eigenvalue weighted by Crippen LogP contribution is -2.44. The molecule has 1 aliphatic heterocycles. The summed E-state index contributed by atoms with van der Waals surface area (Å²) in [5.41, 5.74) is 3.05. The molecular formula is C21H24N4O2. The number of benzene rings is 2. The van der Waals surface area contributed by atoms with Crippen molar-refractivity contribution in [2.45, 2.75) is 25.3 Å². The Morgan fingerprint density at radius 2 is 2.19 bits per heavy atom. The van der Waals surface area contributed by atoms with Gasteiger partial charge < -0.3 is 19.9 Å². The molecule has 140 valence electrons. The van der Waals surface area contributed by atoms with Crippen LogP contribution in [-0.4, -0.2) is 41.1 Å². The minimum Gasteiger partial charge on any atom is -0.497 e. The van der Waals surface area contributed by atoms with Gasteiger partial charge >= 0.3 is 6.03 Å². The molecule has 1 atom stereocenters. The lowest BCUT2D eigenvalue weighted by Gasteiger charge is -2.31. The number of urea groups is 1. The Hall–Kier alpha value is -3.02. The first kappa shape index (κ1) is 17.4. The van der Waals surface area contributed by atoms with Crippen LogP contribution in [0.2, 0.25) is 0 Å². The zero-order chi connectivity index (χ0) is 18.6. The van der Waals surface area contributed by atoms with Crippen LogP contribution in [0, 0.1) is 0 Å². The number of rotatable bonds is 4. The molecule has 1 aliphatic rings. The number of imidazole rings is 1. The number of fused-ring (bicyclic) bond motifs is 1. The second-order valence-corrected chi connectivity index (χ2v) is 6.93. The Labute approximate surface area is 158 Å². The number of H-pyrrole nitrogens is 1. The molecule has 6 nitrogen and oxygen atoms in total. The quantitative estimate of drug-likeness (QED) is 0.742. The molecule has 0 saturated carbocycles. The monoisotopic (exact) mass is 364 g/mol. The van der Waals surface area contributed by atoms with E-state index in [-0.39, 0.29) is 11.9 Å². The smallest absolute Gasteiger partial charge is 0.317 e. The first-order valence-electron chi connectivity index (χ1n) is 9.33. The summed E-state index contributed by atoms with van der Waals surface area (Å²) in [6.45, 7) is 1.95. The van der Waals surface area contributed by atoms with Gasteiger partial charge in [0.15, 0.2) is 0 Å². The number of methoxy groups -OCH3 is 1. The van der Waals surface area contributed by atoms with Crippen molar-refractivity contribution in [3.8, 4) is 5.75 Å². The fourth-order valence-electron chi connectivity index (χ4n) is 3.62. The van der Waals surface area contributed by atoms with Gasteiger partial charge in [-0.15, -0.1) is 0 Å². The number of nitrogens with zero attached hydrogens (tertiary/aromatic N) is 2. The minimum atomic E-state index is -0.0290. The molecule has 2 aromatic carbocycles. The van der Waals surface area contributed by atoms with Crippen molar-refractivity contribution in [1.29, 1.82) is 0 Å². The summed E-state index contributed by atoms with van der Waals surface area (Å²) in [5.74, 6) is 2.01. The van der Waals surface area contributed by atoms with Crippen LogP contribution in [0.4, 0.5) is 4.79 Å². The van der Waals surface area contributed by atoms with E-state index in [4.69, 9.17) is 9.72 Å². The Bertz CT molecular complexity index is 904. The number of nitrogens with one attached hydrogen (secondary N) is 2. The number of likely N-dealkylation sites (tertiary alicyclic amines) is 1. The van der Waals surface area contributed by atoms with Crippen LogP contribution in [0.25, 0.3) is 11.0 Å². The second kappa shape index (κ2) is 7.70. The largest absolute Gasteiger partial charge is 0.497 e. The Balaban J connectivity index is 1.39. The van der Waals surface area contributed by atoms with E-state index in [1.165, 1.54) is 0 Å². The number of hydrogen-bond acceptors (Lipinski definition) is 3. The third-order valence-corrected chi connectivity index (χ3v) is 5.08. The van der Waals surface area contributed by atoms with Crippen LogP contribution < -0.4 is 10.1 Å². The van der Waals surface area contributed by atoms with Crippen molar-refractivity contribution in [2.24, 2.45) is 0 Å². The number of carbonyl (C=O) groups excluding carboxylic acids is 1.